The summed E-state index contributed by atoms with van der Waals surface area (Å²) in [5.74, 6) is 0.0981. The lowest BCUT2D eigenvalue weighted by molar-refractivity contribution is 0.0783. The van der Waals surface area contributed by atoms with Crippen LogP contribution in [0.1, 0.15) is 37.2 Å². The van der Waals surface area contributed by atoms with Gasteiger partial charge < -0.3 is 9.47 Å². The van der Waals surface area contributed by atoms with Gasteiger partial charge in [0.1, 0.15) is 5.69 Å². The molecule has 3 nitrogen and oxygen atoms in total. The SMILES string of the molecule is CCCCN(C)C(=O)c1cc(Br)cn1CC. The van der Waals surface area contributed by atoms with Crippen molar-refractivity contribution in [1.29, 1.82) is 0 Å². The number of aryl methyl sites for hydroxylation is 1. The summed E-state index contributed by atoms with van der Waals surface area (Å²) < 4.78 is 2.93. The van der Waals surface area contributed by atoms with Crippen LogP contribution in [-0.4, -0.2) is 29.0 Å². The normalized spacial score (nSPS) is 10.5. The van der Waals surface area contributed by atoms with Crippen LogP contribution in [0.4, 0.5) is 0 Å². The molecule has 0 unspecified atom stereocenters. The van der Waals surface area contributed by atoms with Gasteiger partial charge in [0.25, 0.3) is 5.91 Å². The Kier molecular flexibility index (Phi) is 5.06. The average Bonchev–Trinajstić information content (AvgIpc) is 2.66. The number of amides is 1. The van der Waals surface area contributed by atoms with Crippen LogP contribution in [0.15, 0.2) is 16.7 Å². The minimum atomic E-state index is 0.0981. The summed E-state index contributed by atoms with van der Waals surface area (Å²) in [7, 11) is 1.86. The van der Waals surface area contributed by atoms with Crippen molar-refractivity contribution in [3.63, 3.8) is 0 Å². The number of unbranched alkanes of at least 4 members (excludes halogenated alkanes) is 1. The van der Waals surface area contributed by atoms with E-state index in [0.717, 1.165) is 36.1 Å². The summed E-state index contributed by atoms with van der Waals surface area (Å²) in [6.45, 7) is 5.80. The molecule has 0 spiro atoms. The summed E-state index contributed by atoms with van der Waals surface area (Å²) in [6.07, 6.45) is 4.10. The van der Waals surface area contributed by atoms with Crippen LogP contribution in [0.5, 0.6) is 0 Å². The Morgan fingerprint density at radius 3 is 2.75 bits per heavy atom. The smallest absolute Gasteiger partial charge is 0.270 e. The van der Waals surface area contributed by atoms with Crippen LogP contribution >= 0.6 is 15.9 Å². The van der Waals surface area contributed by atoms with Crippen molar-refractivity contribution in [3.8, 4) is 0 Å². The number of rotatable bonds is 5. The summed E-state index contributed by atoms with van der Waals surface area (Å²) in [5.41, 5.74) is 0.757. The van der Waals surface area contributed by atoms with Crippen molar-refractivity contribution in [3.05, 3.63) is 22.4 Å². The molecular formula is C12H19BrN2O. The zero-order valence-corrected chi connectivity index (χ0v) is 11.7. The highest BCUT2D eigenvalue weighted by Gasteiger charge is 2.15. The molecule has 0 bridgehead atoms. The number of carbonyl (C=O) groups excluding carboxylic acids is 1. The molecule has 90 valence electrons. The highest BCUT2D eigenvalue weighted by molar-refractivity contribution is 9.10. The molecule has 1 aromatic heterocycles. The first-order valence-corrected chi connectivity index (χ1v) is 6.50. The molecule has 0 fully saturated rings. The monoisotopic (exact) mass is 286 g/mol. The second-order valence-electron chi connectivity index (χ2n) is 3.91. The predicted octanol–water partition coefficient (Wildman–Crippen LogP) is 3.14. The number of hydrogen-bond acceptors (Lipinski definition) is 1. The van der Waals surface area contributed by atoms with Crippen LogP contribution in [0, 0.1) is 0 Å². The van der Waals surface area contributed by atoms with Crippen LogP contribution in [0.3, 0.4) is 0 Å². The average molecular weight is 287 g/mol. The van der Waals surface area contributed by atoms with Gasteiger partial charge in [-0.3, -0.25) is 4.79 Å². The fourth-order valence-corrected chi connectivity index (χ4v) is 2.07. The second-order valence-corrected chi connectivity index (χ2v) is 4.83. The van der Waals surface area contributed by atoms with E-state index in [2.05, 4.69) is 22.9 Å². The van der Waals surface area contributed by atoms with Gasteiger partial charge >= 0.3 is 0 Å². The molecule has 0 saturated heterocycles. The van der Waals surface area contributed by atoms with E-state index >= 15 is 0 Å². The molecule has 0 radical (unpaired) electrons. The van der Waals surface area contributed by atoms with Gasteiger partial charge in [-0.25, -0.2) is 0 Å². The van der Waals surface area contributed by atoms with E-state index in [1.807, 2.05) is 30.8 Å². The first-order valence-electron chi connectivity index (χ1n) is 5.71. The van der Waals surface area contributed by atoms with Gasteiger partial charge in [0.15, 0.2) is 0 Å². The lowest BCUT2D eigenvalue weighted by atomic mass is 10.3. The van der Waals surface area contributed by atoms with Gasteiger partial charge in [-0.15, -0.1) is 0 Å². The minimum absolute atomic E-state index is 0.0981. The zero-order valence-electron chi connectivity index (χ0n) is 10.2. The molecule has 1 amide bonds. The lowest BCUT2D eigenvalue weighted by Crippen LogP contribution is -2.29. The van der Waals surface area contributed by atoms with Crippen LogP contribution in [0.25, 0.3) is 0 Å². The molecule has 1 aromatic rings. The maximum absolute atomic E-state index is 12.1. The number of carbonyl (C=O) groups is 1. The molecule has 16 heavy (non-hydrogen) atoms. The van der Waals surface area contributed by atoms with Crippen LogP contribution < -0.4 is 0 Å². The molecule has 4 heteroatoms. The number of halogens is 1. The number of nitrogens with zero attached hydrogens (tertiary/aromatic N) is 2. The Bertz CT molecular complexity index is 360. The Balaban J connectivity index is 2.78. The molecule has 1 rings (SSSR count). The fraction of sp³-hybridized carbons (Fsp3) is 0.583. The summed E-state index contributed by atoms with van der Waals surface area (Å²) >= 11 is 3.40. The largest absolute Gasteiger partial charge is 0.343 e. The fourth-order valence-electron chi connectivity index (χ4n) is 1.61. The Morgan fingerprint density at radius 1 is 1.50 bits per heavy atom. The van der Waals surface area contributed by atoms with Crippen molar-refractivity contribution in [2.45, 2.75) is 33.2 Å². The highest BCUT2D eigenvalue weighted by Crippen LogP contribution is 2.16. The predicted molar refractivity (Wildman–Crippen MR) is 69.7 cm³/mol. The first kappa shape index (κ1) is 13.3. The number of aromatic nitrogens is 1. The van der Waals surface area contributed by atoms with E-state index in [1.54, 1.807) is 4.90 Å². The van der Waals surface area contributed by atoms with E-state index in [1.165, 1.54) is 0 Å². The number of hydrogen-bond donors (Lipinski definition) is 0. The lowest BCUT2D eigenvalue weighted by Gasteiger charge is -2.17. The Hall–Kier alpha value is -0.770. The van der Waals surface area contributed by atoms with Gasteiger partial charge in [-0.1, -0.05) is 13.3 Å². The summed E-state index contributed by atoms with van der Waals surface area (Å²) in [6, 6.07) is 1.88. The van der Waals surface area contributed by atoms with Gasteiger partial charge in [0, 0.05) is 30.8 Å². The third-order valence-corrected chi connectivity index (χ3v) is 3.05. The van der Waals surface area contributed by atoms with Crippen molar-refractivity contribution < 1.29 is 4.79 Å². The third-order valence-electron chi connectivity index (χ3n) is 2.62. The molecule has 1 heterocycles. The van der Waals surface area contributed by atoms with Gasteiger partial charge in [-0.2, -0.15) is 0 Å². The molecule has 0 aromatic carbocycles. The van der Waals surface area contributed by atoms with Crippen LogP contribution in [-0.2, 0) is 6.54 Å². The van der Waals surface area contributed by atoms with E-state index in [9.17, 15) is 4.79 Å². The van der Waals surface area contributed by atoms with Crippen molar-refractivity contribution >= 4 is 21.8 Å². The van der Waals surface area contributed by atoms with Crippen molar-refractivity contribution in [2.24, 2.45) is 0 Å². The zero-order chi connectivity index (χ0) is 12.1. The third kappa shape index (κ3) is 3.11. The maximum Gasteiger partial charge on any atom is 0.270 e. The highest BCUT2D eigenvalue weighted by atomic mass is 79.9. The molecule has 0 aliphatic rings. The summed E-state index contributed by atoms with van der Waals surface area (Å²) in [4.78, 5) is 13.9. The van der Waals surface area contributed by atoms with E-state index in [0.29, 0.717) is 0 Å². The van der Waals surface area contributed by atoms with Gasteiger partial charge in [0.2, 0.25) is 0 Å². The molecule has 0 atom stereocenters. The van der Waals surface area contributed by atoms with E-state index in [-0.39, 0.29) is 5.91 Å². The minimum Gasteiger partial charge on any atom is -0.343 e. The van der Waals surface area contributed by atoms with Crippen molar-refractivity contribution in [1.82, 2.24) is 9.47 Å². The van der Waals surface area contributed by atoms with Crippen LogP contribution in [0.2, 0.25) is 0 Å². The maximum atomic E-state index is 12.1. The van der Waals surface area contributed by atoms with Gasteiger partial charge in [-0.05, 0) is 35.3 Å². The Morgan fingerprint density at radius 2 is 2.19 bits per heavy atom. The molecule has 0 aliphatic carbocycles. The topological polar surface area (TPSA) is 25.2 Å². The quantitative estimate of drug-likeness (QED) is 0.816. The molecule has 0 saturated carbocycles. The second kappa shape index (κ2) is 6.09. The van der Waals surface area contributed by atoms with Crippen molar-refractivity contribution in [2.75, 3.05) is 13.6 Å². The van der Waals surface area contributed by atoms with E-state index < -0.39 is 0 Å². The summed E-state index contributed by atoms with van der Waals surface area (Å²) in [5, 5.41) is 0. The molecule has 0 N–H and O–H groups in total. The van der Waals surface area contributed by atoms with E-state index in [4.69, 9.17) is 0 Å². The Labute approximate surface area is 106 Å². The molecular weight excluding hydrogens is 268 g/mol. The first-order chi connectivity index (χ1) is 7.60. The standard InChI is InChI=1S/C12H19BrN2O/c1-4-6-7-14(3)12(16)11-8-10(13)9-15(11)5-2/h8-9H,4-7H2,1-3H3. The molecule has 0 aliphatic heterocycles. The van der Waals surface area contributed by atoms with Gasteiger partial charge in [0.05, 0.1) is 0 Å².